The predicted octanol–water partition coefficient (Wildman–Crippen LogP) is 1.50. The number of esters is 2. The molecule has 1 aliphatic rings. The first kappa shape index (κ1) is 13.7. The van der Waals surface area contributed by atoms with Gasteiger partial charge in [-0.25, -0.2) is 9.59 Å². The number of ether oxygens (including phenoxy) is 2. The van der Waals surface area contributed by atoms with Crippen molar-refractivity contribution in [3.8, 4) is 0 Å². The van der Waals surface area contributed by atoms with Gasteiger partial charge in [-0.15, -0.1) is 11.3 Å². The lowest BCUT2D eigenvalue weighted by Gasteiger charge is -2.16. The molecule has 2 N–H and O–H groups in total. The highest BCUT2D eigenvalue weighted by molar-refractivity contribution is 7.19. The first-order chi connectivity index (χ1) is 9.10. The van der Waals surface area contributed by atoms with Crippen LogP contribution in [0.15, 0.2) is 0 Å². The molecule has 0 amide bonds. The van der Waals surface area contributed by atoms with E-state index in [2.05, 4.69) is 9.64 Å². The van der Waals surface area contributed by atoms with E-state index >= 15 is 0 Å². The van der Waals surface area contributed by atoms with E-state index in [4.69, 9.17) is 10.5 Å². The third-order valence-corrected chi connectivity index (χ3v) is 4.33. The highest BCUT2D eigenvalue weighted by atomic mass is 32.1. The lowest BCUT2D eigenvalue weighted by atomic mass is 10.2. The third kappa shape index (κ3) is 2.37. The molecule has 1 aliphatic heterocycles. The summed E-state index contributed by atoms with van der Waals surface area (Å²) in [4.78, 5) is 25.8. The van der Waals surface area contributed by atoms with E-state index < -0.39 is 11.9 Å². The standard InChI is InChI=1S/C12H16N2O4S/c1-17-11(15)7-8(13)9(12(16)18-2)19-10(7)14-5-3-4-6-14/h3-6,13H2,1-2H3. The van der Waals surface area contributed by atoms with Crippen LogP contribution >= 0.6 is 11.3 Å². The molecule has 0 atom stereocenters. The van der Waals surface area contributed by atoms with Crippen LogP contribution in [0, 0.1) is 0 Å². The number of anilines is 2. The SMILES string of the molecule is COC(=O)c1sc(N2CCCC2)c(C(=O)OC)c1N. The van der Waals surface area contributed by atoms with Gasteiger partial charge in [-0.05, 0) is 12.8 Å². The van der Waals surface area contributed by atoms with Gasteiger partial charge in [0.05, 0.1) is 19.9 Å². The molecule has 0 unspecified atom stereocenters. The van der Waals surface area contributed by atoms with Crippen LogP contribution < -0.4 is 10.6 Å². The van der Waals surface area contributed by atoms with Gasteiger partial charge in [0.25, 0.3) is 0 Å². The second-order valence-electron chi connectivity index (χ2n) is 4.20. The van der Waals surface area contributed by atoms with E-state index in [-0.39, 0.29) is 16.1 Å². The second-order valence-corrected chi connectivity index (χ2v) is 5.20. The molecule has 0 saturated carbocycles. The van der Waals surface area contributed by atoms with Crippen LogP contribution in [0.3, 0.4) is 0 Å². The summed E-state index contributed by atoms with van der Waals surface area (Å²) in [5.41, 5.74) is 6.32. The predicted molar refractivity (Wildman–Crippen MR) is 72.9 cm³/mol. The molecule has 1 saturated heterocycles. The molecular weight excluding hydrogens is 268 g/mol. The number of methoxy groups -OCH3 is 2. The number of nitrogens with zero attached hydrogens (tertiary/aromatic N) is 1. The summed E-state index contributed by atoms with van der Waals surface area (Å²) in [7, 11) is 2.58. The van der Waals surface area contributed by atoms with Crippen molar-refractivity contribution in [2.75, 3.05) is 37.9 Å². The average Bonchev–Trinajstić information content (AvgIpc) is 3.04. The zero-order valence-electron chi connectivity index (χ0n) is 10.9. The minimum atomic E-state index is -0.530. The van der Waals surface area contributed by atoms with Crippen molar-refractivity contribution in [2.24, 2.45) is 0 Å². The third-order valence-electron chi connectivity index (χ3n) is 3.08. The molecule has 19 heavy (non-hydrogen) atoms. The fourth-order valence-corrected chi connectivity index (χ4v) is 3.30. The van der Waals surface area contributed by atoms with Gasteiger partial charge in [0.2, 0.25) is 0 Å². The quantitative estimate of drug-likeness (QED) is 0.847. The molecule has 0 radical (unpaired) electrons. The van der Waals surface area contributed by atoms with Crippen LogP contribution in [0.1, 0.15) is 32.9 Å². The van der Waals surface area contributed by atoms with Crippen LogP contribution in [0.25, 0.3) is 0 Å². The maximum absolute atomic E-state index is 11.9. The lowest BCUT2D eigenvalue weighted by molar-refractivity contribution is 0.0602. The number of nitrogens with two attached hydrogens (primary N) is 1. The van der Waals surface area contributed by atoms with Crippen LogP contribution in [-0.2, 0) is 9.47 Å². The van der Waals surface area contributed by atoms with Gasteiger partial charge in [0, 0.05) is 13.1 Å². The van der Waals surface area contributed by atoms with Gasteiger partial charge in [-0.1, -0.05) is 0 Å². The zero-order chi connectivity index (χ0) is 14.0. The molecule has 2 heterocycles. The Morgan fingerprint density at radius 1 is 1.16 bits per heavy atom. The normalized spacial score (nSPS) is 14.5. The molecule has 2 rings (SSSR count). The smallest absolute Gasteiger partial charge is 0.350 e. The summed E-state index contributed by atoms with van der Waals surface area (Å²) in [6.45, 7) is 1.70. The maximum atomic E-state index is 11.9. The Balaban J connectivity index is 2.50. The monoisotopic (exact) mass is 284 g/mol. The van der Waals surface area contributed by atoms with Crippen molar-refractivity contribution in [3.05, 3.63) is 10.4 Å². The van der Waals surface area contributed by atoms with E-state index in [9.17, 15) is 9.59 Å². The van der Waals surface area contributed by atoms with E-state index in [1.165, 1.54) is 25.6 Å². The number of rotatable bonds is 3. The number of hydrogen-bond donors (Lipinski definition) is 1. The highest BCUT2D eigenvalue weighted by Crippen LogP contribution is 2.40. The summed E-state index contributed by atoms with van der Waals surface area (Å²) in [5.74, 6) is -1.05. The molecule has 104 valence electrons. The number of carbonyl (C=O) groups excluding carboxylic acids is 2. The summed E-state index contributed by atoms with van der Waals surface area (Å²) >= 11 is 1.19. The van der Waals surface area contributed by atoms with E-state index in [1.54, 1.807) is 0 Å². The van der Waals surface area contributed by atoms with Gasteiger partial charge < -0.3 is 20.1 Å². The minimum Gasteiger partial charge on any atom is -0.465 e. The Hall–Kier alpha value is -1.76. The van der Waals surface area contributed by atoms with E-state index in [0.29, 0.717) is 5.00 Å². The zero-order valence-corrected chi connectivity index (χ0v) is 11.7. The molecule has 0 spiro atoms. The fraction of sp³-hybridized carbons (Fsp3) is 0.500. The van der Waals surface area contributed by atoms with Gasteiger partial charge >= 0.3 is 11.9 Å². The summed E-state index contributed by atoms with van der Waals surface area (Å²) in [6, 6.07) is 0. The van der Waals surface area contributed by atoms with Crippen LogP contribution in [-0.4, -0.2) is 39.2 Å². The fourth-order valence-electron chi connectivity index (χ4n) is 2.12. The van der Waals surface area contributed by atoms with E-state index in [1.807, 2.05) is 0 Å². The van der Waals surface area contributed by atoms with Gasteiger partial charge in [-0.3, -0.25) is 0 Å². The molecule has 7 heteroatoms. The van der Waals surface area contributed by atoms with Crippen molar-refractivity contribution >= 4 is 34.0 Å². The van der Waals surface area contributed by atoms with Crippen LogP contribution in [0.4, 0.5) is 10.7 Å². The second kappa shape index (κ2) is 5.48. The Kier molecular flexibility index (Phi) is 3.94. The first-order valence-electron chi connectivity index (χ1n) is 5.94. The highest BCUT2D eigenvalue weighted by Gasteiger charge is 2.30. The molecule has 0 bridgehead atoms. The summed E-state index contributed by atoms with van der Waals surface area (Å²) < 4.78 is 9.44. The number of carbonyl (C=O) groups is 2. The van der Waals surface area contributed by atoms with E-state index in [0.717, 1.165) is 25.9 Å². The maximum Gasteiger partial charge on any atom is 0.350 e. The molecule has 0 aliphatic carbocycles. The van der Waals surface area contributed by atoms with Crippen LogP contribution in [0.2, 0.25) is 0 Å². The molecule has 1 fully saturated rings. The first-order valence-corrected chi connectivity index (χ1v) is 6.75. The molecule has 1 aromatic heterocycles. The average molecular weight is 284 g/mol. The Bertz CT molecular complexity index is 506. The number of hydrogen-bond acceptors (Lipinski definition) is 7. The van der Waals surface area contributed by atoms with Crippen molar-refractivity contribution in [1.29, 1.82) is 0 Å². The van der Waals surface area contributed by atoms with Crippen molar-refractivity contribution in [2.45, 2.75) is 12.8 Å². The van der Waals surface area contributed by atoms with Crippen molar-refractivity contribution in [3.63, 3.8) is 0 Å². The largest absolute Gasteiger partial charge is 0.465 e. The minimum absolute atomic E-state index is 0.144. The van der Waals surface area contributed by atoms with Gasteiger partial charge in [0.1, 0.15) is 15.4 Å². The molecular formula is C12H16N2O4S. The van der Waals surface area contributed by atoms with Crippen molar-refractivity contribution < 1.29 is 19.1 Å². The Morgan fingerprint density at radius 3 is 2.26 bits per heavy atom. The molecule has 6 nitrogen and oxygen atoms in total. The summed E-state index contributed by atoms with van der Waals surface area (Å²) in [5, 5.41) is 0.697. The Labute approximate surface area is 115 Å². The topological polar surface area (TPSA) is 81.9 Å². The molecule has 0 aromatic carbocycles. The Morgan fingerprint density at radius 2 is 1.74 bits per heavy atom. The van der Waals surface area contributed by atoms with Crippen molar-refractivity contribution in [1.82, 2.24) is 0 Å². The molecule has 1 aromatic rings. The number of thiophene rings is 1. The number of nitrogen functional groups attached to an aromatic ring is 1. The van der Waals surface area contributed by atoms with Gasteiger partial charge in [-0.2, -0.15) is 0 Å². The van der Waals surface area contributed by atoms with Crippen LogP contribution in [0.5, 0.6) is 0 Å². The van der Waals surface area contributed by atoms with Gasteiger partial charge in [0.15, 0.2) is 0 Å². The lowest BCUT2D eigenvalue weighted by Crippen LogP contribution is -2.19. The summed E-state index contributed by atoms with van der Waals surface area (Å²) in [6.07, 6.45) is 2.12.